The number of hydrogen-bond acceptors (Lipinski definition) is 5. The summed E-state index contributed by atoms with van der Waals surface area (Å²) in [4.78, 5) is 23.1. The van der Waals surface area contributed by atoms with Gasteiger partial charge in [-0.15, -0.1) is 0 Å². The Morgan fingerprint density at radius 3 is 2.70 bits per heavy atom. The Morgan fingerprint density at radius 1 is 1.40 bits per heavy atom. The zero-order valence-electron chi connectivity index (χ0n) is 10.9. The van der Waals surface area contributed by atoms with Gasteiger partial charge in [0.15, 0.2) is 0 Å². The number of nitrogens with one attached hydrogen (secondary N) is 2. The van der Waals surface area contributed by atoms with Crippen LogP contribution in [0.1, 0.15) is 0 Å². The van der Waals surface area contributed by atoms with Crippen LogP contribution in [0.2, 0.25) is 5.02 Å². The van der Waals surface area contributed by atoms with E-state index in [0.717, 1.165) is 6.08 Å². The van der Waals surface area contributed by atoms with Gasteiger partial charge in [-0.3, -0.25) is 4.79 Å². The molecule has 0 atom stereocenters. The average Bonchev–Trinajstić information content (AvgIpc) is 2.46. The van der Waals surface area contributed by atoms with Crippen molar-refractivity contribution in [2.45, 2.75) is 0 Å². The Hall–Kier alpha value is -2.05. The van der Waals surface area contributed by atoms with Gasteiger partial charge in [-0.2, -0.15) is 0 Å². The number of esters is 1. The zero-order valence-corrected chi connectivity index (χ0v) is 11.6. The Labute approximate surface area is 121 Å². The fourth-order valence-electron chi connectivity index (χ4n) is 1.31. The Kier molecular flexibility index (Phi) is 6.55. The topological polar surface area (TPSA) is 87.7 Å². The number of amides is 1. The first-order chi connectivity index (χ1) is 9.58. The molecule has 1 aromatic carbocycles. The number of rotatable bonds is 6. The molecule has 1 aromatic rings. The minimum absolute atomic E-state index is 0.0293. The molecule has 6 nitrogen and oxygen atoms in total. The van der Waals surface area contributed by atoms with E-state index in [2.05, 4.69) is 15.4 Å². The van der Waals surface area contributed by atoms with Crippen molar-refractivity contribution in [1.82, 2.24) is 5.32 Å². The van der Waals surface area contributed by atoms with Crippen molar-refractivity contribution < 1.29 is 19.4 Å². The fraction of sp³-hybridized carbons (Fsp3) is 0.231. The van der Waals surface area contributed by atoms with Crippen LogP contribution in [0.5, 0.6) is 0 Å². The maximum absolute atomic E-state index is 11.9. The number of aliphatic hydroxyl groups is 1. The number of anilines is 1. The summed E-state index contributed by atoms with van der Waals surface area (Å²) in [6, 6.07) is 6.77. The number of carbonyl (C=O) groups excluding carboxylic acids is 2. The molecule has 1 amide bonds. The van der Waals surface area contributed by atoms with Gasteiger partial charge in [0.1, 0.15) is 5.70 Å². The molecule has 0 saturated heterocycles. The standard InChI is InChI=1S/C13H15ClN2O4/c1-20-12(18)8-11(13(19)15-6-7-17)16-10-5-3-2-4-9(10)14/h2-5,8,16-17H,6-7H2,1H3,(H,15,19)/b11-8-. The molecule has 7 heteroatoms. The van der Waals surface area contributed by atoms with Crippen LogP contribution in [-0.4, -0.2) is 37.2 Å². The monoisotopic (exact) mass is 298 g/mol. The first-order valence-corrected chi connectivity index (χ1v) is 6.16. The summed E-state index contributed by atoms with van der Waals surface area (Å²) >= 11 is 5.97. The Bertz CT molecular complexity index is 517. The molecule has 0 aromatic heterocycles. The van der Waals surface area contributed by atoms with Crippen molar-refractivity contribution in [3.63, 3.8) is 0 Å². The van der Waals surface area contributed by atoms with Gasteiger partial charge in [0, 0.05) is 6.54 Å². The smallest absolute Gasteiger partial charge is 0.332 e. The third-order valence-corrected chi connectivity index (χ3v) is 2.58. The summed E-state index contributed by atoms with van der Waals surface area (Å²) in [5, 5.41) is 14.3. The summed E-state index contributed by atoms with van der Waals surface area (Å²) in [6.07, 6.45) is 1.01. The van der Waals surface area contributed by atoms with Gasteiger partial charge in [0.2, 0.25) is 0 Å². The van der Waals surface area contributed by atoms with Crippen LogP contribution in [-0.2, 0) is 14.3 Å². The predicted octanol–water partition coefficient (Wildman–Crippen LogP) is 0.917. The molecule has 0 bridgehead atoms. The minimum Gasteiger partial charge on any atom is -0.466 e. The quantitative estimate of drug-likeness (QED) is 0.537. The fourth-order valence-corrected chi connectivity index (χ4v) is 1.49. The number of ether oxygens (including phenoxy) is 1. The second-order valence-electron chi connectivity index (χ2n) is 3.67. The average molecular weight is 299 g/mol. The lowest BCUT2D eigenvalue weighted by molar-refractivity contribution is -0.135. The van der Waals surface area contributed by atoms with Crippen molar-refractivity contribution in [2.75, 3.05) is 25.6 Å². The Morgan fingerprint density at radius 2 is 2.10 bits per heavy atom. The molecule has 0 saturated carbocycles. The third-order valence-electron chi connectivity index (χ3n) is 2.25. The van der Waals surface area contributed by atoms with Gasteiger partial charge < -0.3 is 20.5 Å². The van der Waals surface area contributed by atoms with E-state index in [1.807, 2.05) is 0 Å². The van der Waals surface area contributed by atoms with Gasteiger partial charge in [-0.05, 0) is 12.1 Å². The lowest BCUT2D eigenvalue weighted by Crippen LogP contribution is -2.31. The van der Waals surface area contributed by atoms with E-state index in [9.17, 15) is 9.59 Å². The highest BCUT2D eigenvalue weighted by Gasteiger charge is 2.13. The summed E-state index contributed by atoms with van der Waals surface area (Å²) in [6.45, 7) is -0.134. The molecule has 0 aliphatic carbocycles. The molecule has 0 spiro atoms. The van der Waals surface area contributed by atoms with Crippen molar-refractivity contribution in [2.24, 2.45) is 0 Å². The number of carbonyl (C=O) groups is 2. The van der Waals surface area contributed by atoms with Crippen molar-refractivity contribution >= 4 is 29.2 Å². The molecule has 108 valence electrons. The van der Waals surface area contributed by atoms with E-state index in [-0.39, 0.29) is 18.8 Å². The van der Waals surface area contributed by atoms with Gasteiger partial charge >= 0.3 is 5.97 Å². The van der Waals surface area contributed by atoms with E-state index < -0.39 is 11.9 Å². The molecule has 20 heavy (non-hydrogen) atoms. The van der Waals surface area contributed by atoms with Crippen LogP contribution in [0.3, 0.4) is 0 Å². The lowest BCUT2D eigenvalue weighted by atomic mass is 10.3. The highest BCUT2D eigenvalue weighted by Crippen LogP contribution is 2.22. The van der Waals surface area contributed by atoms with Crippen molar-refractivity contribution in [3.05, 3.63) is 41.1 Å². The van der Waals surface area contributed by atoms with Crippen LogP contribution < -0.4 is 10.6 Å². The number of hydrogen-bond donors (Lipinski definition) is 3. The van der Waals surface area contributed by atoms with Gasteiger partial charge in [0.25, 0.3) is 5.91 Å². The van der Waals surface area contributed by atoms with Crippen LogP contribution >= 0.6 is 11.6 Å². The summed E-state index contributed by atoms with van der Waals surface area (Å²) in [5.41, 5.74) is 0.446. The molecule has 1 rings (SSSR count). The second-order valence-corrected chi connectivity index (χ2v) is 4.07. The summed E-state index contributed by atoms with van der Waals surface area (Å²) < 4.78 is 4.49. The van der Waals surface area contributed by atoms with Crippen LogP contribution in [0.25, 0.3) is 0 Å². The predicted molar refractivity (Wildman–Crippen MR) is 75.3 cm³/mol. The van der Waals surface area contributed by atoms with Crippen LogP contribution in [0.15, 0.2) is 36.0 Å². The van der Waals surface area contributed by atoms with E-state index in [0.29, 0.717) is 10.7 Å². The second kappa shape index (κ2) is 8.19. The Balaban J connectivity index is 2.94. The number of benzene rings is 1. The number of methoxy groups -OCH3 is 1. The first-order valence-electron chi connectivity index (χ1n) is 5.78. The molecule has 0 radical (unpaired) electrons. The molecular weight excluding hydrogens is 284 g/mol. The number of aliphatic hydroxyl groups excluding tert-OH is 1. The molecule has 0 unspecified atom stereocenters. The van der Waals surface area contributed by atoms with E-state index in [1.54, 1.807) is 24.3 Å². The highest BCUT2D eigenvalue weighted by atomic mass is 35.5. The maximum Gasteiger partial charge on any atom is 0.332 e. The van der Waals surface area contributed by atoms with E-state index in [1.165, 1.54) is 7.11 Å². The summed E-state index contributed by atoms with van der Waals surface area (Å²) in [7, 11) is 1.21. The number of para-hydroxylation sites is 1. The normalized spacial score (nSPS) is 10.8. The maximum atomic E-state index is 11.9. The molecule has 0 aliphatic rings. The first kappa shape index (κ1) is 16.0. The largest absolute Gasteiger partial charge is 0.466 e. The van der Waals surface area contributed by atoms with Crippen LogP contribution in [0.4, 0.5) is 5.69 Å². The van der Waals surface area contributed by atoms with Gasteiger partial charge in [-0.25, -0.2) is 4.79 Å². The van der Waals surface area contributed by atoms with E-state index >= 15 is 0 Å². The molecule has 0 aliphatic heterocycles. The lowest BCUT2D eigenvalue weighted by Gasteiger charge is -2.12. The van der Waals surface area contributed by atoms with Crippen molar-refractivity contribution in [1.29, 1.82) is 0 Å². The molecule has 0 heterocycles. The molecule has 0 fully saturated rings. The van der Waals surface area contributed by atoms with Crippen LogP contribution in [0, 0.1) is 0 Å². The molecular formula is C13H15ClN2O4. The van der Waals surface area contributed by atoms with E-state index in [4.69, 9.17) is 16.7 Å². The molecule has 3 N–H and O–H groups in total. The SMILES string of the molecule is COC(=O)/C=C(\Nc1ccccc1Cl)C(=O)NCCO. The number of halogens is 1. The summed E-state index contributed by atoms with van der Waals surface area (Å²) in [5.74, 6) is -1.23. The zero-order chi connectivity index (χ0) is 15.0. The minimum atomic E-state index is -0.682. The van der Waals surface area contributed by atoms with Gasteiger partial charge in [0.05, 0.1) is 30.5 Å². The highest BCUT2D eigenvalue weighted by molar-refractivity contribution is 6.33. The van der Waals surface area contributed by atoms with Crippen molar-refractivity contribution in [3.8, 4) is 0 Å². The van der Waals surface area contributed by atoms with Gasteiger partial charge in [-0.1, -0.05) is 23.7 Å². The third kappa shape index (κ3) is 4.91.